The first-order chi connectivity index (χ1) is 11.9. The van der Waals surface area contributed by atoms with Crippen molar-refractivity contribution < 1.29 is 9.84 Å². The van der Waals surface area contributed by atoms with Crippen LogP contribution in [-0.2, 0) is 5.41 Å². The maximum atomic E-state index is 8.63. The summed E-state index contributed by atoms with van der Waals surface area (Å²) in [6.07, 6.45) is 0. The third-order valence-corrected chi connectivity index (χ3v) is 4.60. The van der Waals surface area contributed by atoms with Crippen molar-refractivity contribution in [1.29, 1.82) is 0 Å². The Morgan fingerprint density at radius 2 is 1.20 bits per heavy atom. The van der Waals surface area contributed by atoms with Gasteiger partial charge in [0.1, 0.15) is 17.2 Å². The highest BCUT2D eigenvalue weighted by Gasteiger charge is 2.33. The van der Waals surface area contributed by atoms with Crippen molar-refractivity contribution in [3.05, 3.63) is 89.0 Å². The molecule has 0 saturated heterocycles. The lowest BCUT2D eigenvalue weighted by Gasteiger charge is -2.34. The van der Waals surface area contributed by atoms with Crippen LogP contribution in [0.25, 0.3) is 0 Å². The van der Waals surface area contributed by atoms with E-state index in [0.29, 0.717) is 5.75 Å². The molecule has 2 heteroatoms. The van der Waals surface area contributed by atoms with Gasteiger partial charge in [0.2, 0.25) is 0 Å². The van der Waals surface area contributed by atoms with Crippen LogP contribution in [0.2, 0.25) is 0 Å². The Bertz CT molecular complexity index is 826. The van der Waals surface area contributed by atoms with Gasteiger partial charge in [-0.2, -0.15) is 0 Å². The molecule has 1 N–H and O–H groups in total. The lowest BCUT2D eigenvalue weighted by Crippen LogP contribution is -2.24. The molecule has 0 unspecified atom stereocenters. The van der Waals surface area contributed by atoms with Crippen LogP contribution in [-0.4, -0.2) is 5.11 Å². The number of phenols is 1. The second-order valence-corrected chi connectivity index (χ2v) is 7.06. The van der Waals surface area contributed by atoms with Gasteiger partial charge >= 0.3 is 0 Å². The molecule has 2 nitrogen and oxygen atoms in total. The van der Waals surface area contributed by atoms with E-state index < -0.39 is 0 Å². The van der Waals surface area contributed by atoms with E-state index >= 15 is 0 Å². The minimum absolute atomic E-state index is 0.00428. The smallest absolute Gasteiger partial charge is 0.131 e. The van der Waals surface area contributed by atoms with Gasteiger partial charge < -0.3 is 9.84 Å². The number of aryl methyl sites for hydroxylation is 2. The zero-order valence-electron chi connectivity index (χ0n) is 15.2. The number of hydrogen-bond donors (Lipinski definition) is 1. The van der Waals surface area contributed by atoms with E-state index in [4.69, 9.17) is 9.84 Å². The minimum atomic E-state index is 0.00428. The van der Waals surface area contributed by atoms with Crippen molar-refractivity contribution in [3.63, 3.8) is 0 Å². The summed E-state index contributed by atoms with van der Waals surface area (Å²) in [5, 5.41) is 8.63. The fourth-order valence-corrected chi connectivity index (χ4v) is 3.15. The molecule has 0 amide bonds. The molecule has 0 aliphatic carbocycles. The molecule has 1 aliphatic heterocycles. The van der Waals surface area contributed by atoms with Crippen LogP contribution in [0.5, 0.6) is 17.2 Å². The van der Waals surface area contributed by atoms with E-state index in [1.165, 1.54) is 22.3 Å². The SMILES string of the molecule is Cc1ccc2c(c1)Oc1cc(C)ccc1C2(C)C.Oc1ccccc1. The highest BCUT2D eigenvalue weighted by atomic mass is 16.5. The number of para-hydroxylation sites is 1. The molecule has 1 heterocycles. The largest absolute Gasteiger partial charge is 0.508 e. The maximum absolute atomic E-state index is 8.63. The van der Waals surface area contributed by atoms with Gasteiger partial charge in [0.25, 0.3) is 0 Å². The number of benzene rings is 3. The summed E-state index contributed by atoms with van der Waals surface area (Å²) in [7, 11) is 0. The minimum Gasteiger partial charge on any atom is -0.508 e. The summed E-state index contributed by atoms with van der Waals surface area (Å²) in [6.45, 7) is 8.72. The topological polar surface area (TPSA) is 29.5 Å². The van der Waals surface area contributed by atoms with Crippen LogP contribution in [0.1, 0.15) is 36.1 Å². The number of aromatic hydroxyl groups is 1. The molecule has 3 aromatic rings. The summed E-state index contributed by atoms with van der Waals surface area (Å²) >= 11 is 0. The molecule has 1 aliphatic rings. The number of fused-ring (bicyclic) bond motifs is 2. The Balaban J connectivity index is 0.000000219. The summed E-state index contributed by atoms with van der Waals surface area (Å²) in [4.78, 5) is 0. The van der Waals surface area contributed by atoms with Gasteiger partial charge in [-0.15, -0.1) is 0 Å². The molecule has 25 heavy (non-hydrogen) atoms. The quantitative estimate of drug-likeness (QED) is 0.537. The van der Waals surface area contributed by atoms with E-state index in [0.717, 1.165) is 11.5 Å². The molecule has 128 valence electrons. The first-order valence-electron chi connectivity index (χ1n) is 8.52. The third-order valence-electron chi connectivity index (χ3n) is 4.60. The summed E-state index contributed by atoms with van der Waals surface area (Å²) in [5.41, 5.74) is 5.01. The fraction of sp³-hybridized carbons (Fsp3) is 0.217. The van der Waals surface area contributed by atoms with Gasteiger partial charge in [-0.3, -0.25) is 0 Å². The molecule has 4 rings (SSSR count). The zero-order valence-corrected chi connectivity index (χ0v) is 15.2. The Morgan fingerprint density at radius 1 is 0.720 bits per heavy atom. The average molecular weight is 332 g/mol. The van der Waals surface area contributed by atoms with Crippen LogP contribution in [0.3, 0.4) is 0 Å². The van der Waals surface area contributed by atoms with E-state index in [2.05, 4.69) is 64.1 Å². The third kappa shape index (κ3) is 3.53. The molecule has 3 aromatic carbocycles. The Labute approximate surface area is 149 Å². The van der Waals surface area contributed by atoms with E-state index in [1.807, 2.05) is 6.07 Å². The standard InChI is InChI=1S/C17H18O.C6H6O/c1-11-5-7-13-15(9-11)18-16-10-12(2)6-8-14(16)17(13,3)4;7-6-4-2-1-3-5-6/h5-10H,1-4H3;1-5,7H. The lowest BCUT2D eigenvalue weighted by atomic mass is 9.75. The number of rotatable bonds is 0. The summed E-state index contributed by atoms with van der Waals surface area (Å²) < 4.78 is 6.07. The number of hydrogen-bond acceptors (Lipinski definition) is 2. The van der Waals surface area contributed by atoms with Crippen LogP contribution in [0, 0.1) is 13.8 Å². The van der Waals surface area contributed by atoms with Crippen molar-refractivity contribution in [2.75, 3.05) is 0 Å². The molecule has 0 saturated carbocycles. The second-order valence-electron chi connectivity index (χ2n) is 7.06. The van der Waals surface area contributed by atoms with E-state index in [9.17, 15) is 0 Å². The predicted molar refractivity (Wildman–Crippen MR) is 103 cm³/mol. The molecular formula is C23H24O2. The Kier molecular flexibility index (Phi) is 4.54. The first kappa shape index (κ1) is 17.1. The predicted octanol–water partition coefficient (Wildman–Crippen LogP) is 6.13. The zero-order chi connectivity index (χ0) is 18.0. The number of ether oxygens (including phenoxy) is 1. The van der Waals surface area contributed by atoms with Gasteiger partial charge in [0, 0.05) is 16.5 Å². The molecule has 0 spiro atoms. The van der Waals surface area contributed by atoms with Crippen molar-refractivity contribution in [1.82, 2.24) is 0 Å². The molecular weight excluding hydrogens is 308 g/mol. The normalized spacial score (nSPS) is 13.6. The monoisotopic (exact) mass is 332 g/mol. The molecule has 0 aromatic heterocycles. The molecule has 0 fully saturated rings. The van der Waals surface area contributed by atoms with Gasteiger partial charge in [0.15, 0.2) is 0 Å². The van der Waals surface area contributed by atoms with Crippen molar-refractivity contribution in [2.24, 2.45) is 0 Å². The molecule has 0 bridgehead atoms. The summed E-state index contributed by atoms with van der Waals surface area (Å²) in [5.74, 6) is 2.32. The maximum Gasteiger partial charge on any atom is 0.131 e. The summed E-state index contributed by atoms with van der Waals surface area (Å²) in [6, 6.07) is 21.7. The second kappa shape index (κ2) is 6.64. The lowest BCUT2D eigenvalue weighted by molar-refractivity contribution is 0.417. The number of phenolic OH excluding ortho intramolecular Hbond substituents is 1. The highest BCUT2D eigenvalue weighted by molar-refractivity contribution is 5.57. The first-order valence-corrected chi connectivity index (χ1v) is 8.52. The molecule has 0 atom stereocenters. The van der Waals surface area contributed by atoms with Crippen molar-refractivity contribution in [2.45, 2.75) is 33.1 Å². The van der Waals surface area contributed by atoms with Gasteiger partial charge in [-0.25, -0.2) is 0 Å². The Hall–Kier alpha value is -2.74. The fourth-order valence-electron chi connectivity index (χ4n) is 3.15. The van der Waals surface area contributed by atoms with Crippen molar-refractivity contribution >= 4 is 0 Å². The van der Waals surface area contributed by atoms with Crippen LogP contribution >= 0.6 is 0 Å². The van der Waals surface area contributed by atoms with Crippen LogP contribution in [0.4, 0.5) is 0 Å². The highest BCUT2D eigenvalue weighted by Crippen LogP contribution is 2.48. The van der Waals surface area contributed by atoms with Gasteiger partial charge in [-0.1, -0.05) is 56.3 Å². The average Bonchev–Trinajstić information content (AvgIpc) is 2.55. The van der Waals surface area contributed by atoms with Gasteiger partial charge in [0.05, 0.1) is 0 Å². The van der Waals surface area contributed by atoms with Crippen molar-refractivity contribution in [3.8, 4) is 17.2 Å². The molecule has 0 radical (unpaired) electrons. The van der Waals surface area contributed by atoms with E-state index in [1.54, 1.807) is 24.3 Å². The Morgan fingerprint density at radius 3 is 1.60 bits per heavy atom. The van der Waals surface area contributed by atoms with Crippen LogP contribution < -0.4 is 4.74 Å². The van der Waals surface area contributed by atoms with Crippen LogP contribution in [0.15, 0.2) is 66.7 Å². The van der Waals surface area contributed by atoms with E-state index in [-0.39, 0.29) is 5.41 Å². The van der Waals surface area contributed by atoms with Gasteiger partial charge in [-0.05, 0) is 49.2 Å².